The molecule has 1 aliphatic rings. The predicted octanol–water partition coefficient (Wildman–Crippen LogP) is 5.30. The topological polar surface area (TPSA) is 71.5 Å². The summed E-state index contributed by atoms with van der Waals surface area (Å²) in [7, 11) is 0. The summed E-state index contributed by atoms with van der Waals surface area (Å²) in [6.07, 6.45) is 5.47. The van der Waals surface area contributed by atoms with Crippen LogP contribution >= 0.6 is 11.3 Å². The molecule has 0 unspecified atom stereocenters. The number of rotatable bonds is 6. The lowest BCUT2D eigenvalue weighted by molar-refractivity contribution is 0.0520. The Hall–Kier alpha value is -2.41. The molecule has 1 N–H and O–H groups in total. The summed E-state index contributed by atoms with van der Waals surface area (Å²) < 4.78 is 5.03. The van der Waals surface area contributed by atoms with Gasteiger partial charge in [-0.2, -0.15) is 0 Å². The van der Waals surface area contributed by atoms with Crippen LogP contribution in [0.5, 0.6) is 0 Å². The maximum Gasteiger partial charge on any atom is 0.357 e. The van der Waals surface area contributed by atoms with Gasteiger partial charge in [0.25, 0.3) is 0 Å². The molecule has 7 heteroatoms. The fourth-order valence-corrected chi connectivity index (χ4v) is 4.54. The Bertz CT molecular complexity index is 838. The van der Waals surface area contributed by atoms with Crippen LogP contribution in [0.4, 0.5) is 10.5 Å². The van der Waals surface area contributed by atoms with E-state index in [9.17, 15) is 9.59 Å². The van der Waals surface area contributed by atoms with Gasteiger partial charge in [-0.3, -0.25) is 0 Å². The van der Waals surface area contributed by atoms with Crippen LogP contribution in [-0.2, 0) is 11.3 Å². The van der Waals surface area contributed by atoms with E-state index in [4.69, 9.17) is 4.74 Å². The van der Waals surface area contributed by atoms with Crippen LogP contribution in [0.3, 0.4) is 0 Å². The molecule has 6 nitrogen and oxygen atoms in total. The molecule has 156 valence electrons. The molecule has 1 aliphatic carbocycles. The van der Waals surface area contributed by atoms with E-state index in [-0.39, 0.29) is 12.1 Å². The van der Waals surface area contributed by atoms with Gasteiger partial charge in [0, 0.05) is 17.1 Å². The summed E-state index contributed by atoms with van der Waals surface area (Å²) in [6.45, 7) is 6.48. The number of nitrogens with zero attached hydrogens (tertiary/aromatic N) is 2. The first-order valence-electron chi connectivity index (χ1n) is 10.2. The molecule has 0 saturated heterocycles. The average molecular weight is 416 g/mol. The van der Waals surface area contributed by atoms with Gasteiger partial charge in [-0.1, -0.05) is 37.5 Å². The number of anilines is 1. The second-order valence-electron chi connectivity index (χ2n) is 7.46. The second-order valence-corrected chi connectivity index (χ2v) is 8.41. The average Bonchev–Trinajstić information content (AvgIpc) is 3.19. The van der Waals surface area contributed by atoms with Crippen molar-refractivity contribution in [3.8, 4) is 0 Å². The number of thiazole rings is 1. The Morgan fingerprint density at radius 3 is 2.55 bits per heavy atom. The normalized spacial score (nSPS) is 14.4. The molecule has 3 rings (SSSR count). The van der Waals surface area contributed by atoms with Crippen LogP contribution in [0.25, 0.3) is 0 Å². The summed E-state index contributed by atoms with van der Waals surface area (Å²) >= 11 is 1.39. The smallest absolute Gasteiger partial charge is 0.357 e. The van der Waals surface area contributed by atoms with Gasteiger partial charge in [-0.15, -0.1) is 11.3 Å². The third kappa shape index (κ3) is 5.35. The Balaban J connectivity index is 1.79. The van der Waals surface area contributed by atoms with Crippen molar-refractivity contribution in [3.05, 3.63) is 45.4 Å². The Labute approximate surface area is 176 Å². The van der Waals surface area contributed by atoms with Gasteiger partial charge in [0.05, 0.1) is 13.2 Å². The van der Waals surface area contributed by atoms with Gasteiger partial charge in [0.1, 0.15) is 5.01 Å². The van der Waals surface area contributed by atoms with E-state index in [1.165, 1.54) is 17.8 Å². The first-order valence-corrected chi connectivity index (χ1v) is 11.1. The Morgan fingerprint density at radius 1 is 1.21 bits per heavy atom. The summed E-state index contributed by atoms with van der Waals surface area (Å²) in [4.78, 5) is 31.5. The number of aromatic nitrogens is 1. The van der Waals surface area contributed by atoms with Crippen molar-refractivity contribution < 1.29 is 14.3 Å². The first kappa shape index (κ1) is 21.3. The lowest BCUT2D eigenvalue weighted by Gasteiger charge is -2.34. The maximum atomic E-state index is 13.3. The molecule has 1 aromatic heterocycles. The highest BCUT2D eigenvalue weighted by Gasteiger charge is 2.27. The molecule has 0 atom stereocenters. The quantitative estimate of drug-likeness (QED) is 0.650. The van der Waals surface area contributed by atoms with Crippen molar-refractivity contribution in [3.63, 3.8) is 0 Å². The van der Waals surface area contributed by atoms with Gasteiger partial charge >= 0.3 is 12.0 Å². The molecule has 0 spiro atoms. The lowest BCUT2D eigenvalue weighted by atomic mass is 9.94. The predicted molar refractivity (Wildman–Crippen MR) is 115 cm³/mol. The van der Waals surface area contributed by atoms with Gasteiger partial charge in [0.15, 0.2) is 5.69 Å². The standard InChI is InChI=1S/C22H29N3O3S/c1-4-28-21(26)18-14-29-19(23-18)13-25(17-11-6-5-7-12-17)22(27)24-20-15(2)9-8-10-16(20)3/h8-10,14,17H,4-7,11-13H2,1-3H3,(H,24,27). The highest BCUT2D eigenvalue weighted by atomic mass is 32.1. The zero-order valence-electron chi connectivity index (χ0n) is 17.4. The molecular formula is C22H29N3O3S. The van der Waals surface area contributed by atoms with Gasteiger partial charge in [-0.05, 0) is 44.7 Å². The molecule has 2 amide bonds. The van der Waals surface area contributed by atoms with Gasteiger partial charge in [0.2, 0.25) is 0 Å². The number of ether oxygens (including phenoxy) is 1. The summed E-state index contributed by atoms with van der Waals surface area (Å²) in [5.74, 6) is -0.417. The van der Waals surface area contributed by atoms with Gasteiger partial charge < -0.3 is 15.0 Å². The summed E-state index contributed by atoms with van der Waals surface area (Å²) in [5.41, 5.74) is 3.26. The Morgan fingerprint density at radius 2 is 1.90 bits per heavy atom. The molecule has 1 aromatic carbocycles. The fourth-order valence-electron chi connectivity index (χ4n) is 3.78. The molecular weight excluding hydrogens is 386 g/mol. The number of nitrogens with one attached hydrogen (secondary N) is 1. The van der Waals surface area contributed by atoms with E-state index in [0.29, 0.717) is 18.8 Å². The second kappa shape index (κ2) is 9.87. The molecule has 29 heavy (non-hydrogen) atoms. The molecule has 0 radical (unpaired) electrons. The van der Waals surface area contributed by atoms with Crippen molar-refractivity contribution in [2.75, 3.05) is 11.9 Å². The molecule has 1 saturated carbocycles. The minimum absolute atomic E-state index is 0.109. The van der Waals surface area contributed by atoms with Crippen LogP contribution in [0.1, 0.15) is 65.7 Å². The third-order valence-electron chi connectivity index (χ3n) is 5.33. The van der Waals surface area contributed by atoms with Gasteiger partial charge in [-0.25, -0.2) is 14.6 Å². The van der Waals surface area contributed by atoms with Crippen LogP contribution in [0.2, 0.25) is 0 Å². The van der Waals surface area contributed by atoms with Crippen molar-refractivity contribution in [1.29, 1.82) is 0 Å². The Kier molecular flexibility index (Phi) is 7.25. The van der Waals surface area contributed by atoms with E-state index in [0.717, 1.165) is 47.5 Å². The number of aryl methyl sites for hydroxylation is 2. The van der Waals surface area contributed by atoms with Crippen molar-refractivity contribution in [1.82, 2.24) is 9.88 Å². The molecule has 2 aromatic rings. The number of esters is 1. The zero-order chi connectivity index (χ0) is 20.8. The number of carbonyl (C=O) groups is 2. The van der Waals surface area contributed by atoms with E-state index in [2.05, 4.69) is 10.3 Å². The maximum absolute atomic E-state index is 13.3. The molecule has 1 heterocycles. The minimum Gasteiger partial charge on any atom is -0.461 e. The number of benzene rings is 1. The van der Waals surface area contributed by atoms with Crippen LogP contribution in [0, 0.1) is 13.8 Å². The number of carbonyl (C=O) groups excluding carboxylic acids is 2. The molecule has 1 fully saturated rings. The van der Waals surface area contributed by atoms with E-state index >= 15 is 0 Å². The highest BCUT2D eigenvalue weighted by Crippen LogP contribution is 2.27. The van der Waals surface area contributed by atoms with E-state index in [1.807, 2.05) is 36.9 Å². The zero-order valence-corrected chi connectivity index (χ0v) is 18.2. The van der Waals surface area contributed by atoms with Crippen molar-refractivity contribution in [2.24, 2.45) is 0 Å². The molecule has 0 aliphatic heterocycles. The number of hydrogen-bond donors (Lipinski definition) is 1. The van der Waals surface area contributed by atoms with Crippen LogP contribution < -0.4 is 5.32 Å². The largest absolute Gasteiger partial charge is 0.461 e. The van der Waals surface area contributed by atoms with Crippen molar-refractivity contribution >= 4 is 29.0 Å². The number of urea groups is 1. The lowest BCUT2D eigenvalue weighted by Crippen LogP contribution is -2.43. The first-order chi connectivity index (χ1) is 14.0. The monoisotopic (exact) mass is 415 g/mol. The van der Waals surface area contributed by atoms with E-state index in [1.54, 1.807) is 12.3 Å². The third-order valence-corrected chi connectivity index (χ3v) is 6.16. The highest BCUT2D eigenvalue weighted by molar-refractivity contribution is 7.09. The van der Waals surface area contributed by atoms with Crippen LogP contribution in [0.15, 0.2) is 23.6 Å². The SMILES string of the molecule is CCOC(=O)c1csc(CN(C(=O)Nc2c(C)cccc2C)C2CCCCC2)n1. The fraction of sp³-hybridized carbons (Fsp3) is 0.500. The van der Waals surface area contributed by atoms with E-state index < -0.39 is 5.97 Å². The number of amides is 2. The van der Waals surface area contributed by atoms with Crippen molar-refractivity contribution in [2.45, 2.75) is 65.5 Å². The minimum atomic E-state index is -0.417. The number of para-hydroxylation sites is 1. The number of hydrogen-bond acceptors (Lipinski definition) is 5. The molecule has 0 bridgehead atoms. The van der Waals surface area contributed by atoms with Crippen LogP contribution in [-0.4, -0.2) is 34.5 Å². The summed E-state index contributed by atoms with van der Waals surface area (Å²) in [6, 6.07) is 6.07. The summed E-state index contributed by atoms with van der Waals surface area (Å²) in [5, 5.41) is 5.57.